The van der Waals surface area contributed by atoms with Crippen molar-refractivity contribution in [2.75, 3.05) is 12.0 Å². The van der Waals surface area contributed by atoms with Gasteiger partial charge in [0.25, 0.3) is 0 Å². The van der Waals surface area contributed by atoms with Gasteiger partial charge in [0.05, 0.1) is 19.1 Å². The number of aliphatic hydroxyl groups is 3. The number of nitrogens with one attached hydrogen (secondary N) is 1. The van der Waals surface area contributed by atoms with Gasteiger partial charge in [-0.15, -0.1) is 0 Å². The van der Waals surface area contributed by atoms with Gasteiger partial charge in [0, 0.05) is 0 Å². The number of anilines is 1. The Balaban J connectivity index is 1.32. The maximum atomic E-state index is 10.3. The molecule has 10 nitrogen and oxygen atoms in total. The fraction of sp³-hybridized carbons (Fsp3) is 0.217. The first-order valence-corrected chi connectivity index (χ1v) is 10.4. The number of rotatable bonds is 6. The van der Waals surface area contributed by atoms with Crippen LogP contribution in [0.4, 0.5) is 5.82 Å². The third-order valence-corrected chi connectivity index (χ3v) is 5.55. The molecule has 10 heteroatoms. The van der Waals surface area contributed by atoms with Crippen LogP contribution in [0.3, 0.4) is 0 Å². The molecule has 1 aliphatic heterocycles. The molecule has 2 aromatic heterocycles. The molecule has 1 aliphatic rings. The van der Waals surface area contributed by atoms with Gasteiger partial charge in [0.2, 0.25) is 0 Å². The minimum atomic E-state index is -1.23. The van der Waals surface area contributed by atoms with Gasteiger partial charge in [-0.1, -0.05) is 54.6 Å². The number of benzene rings is 2. The lowest BCUT2D eigenvalue weighted by Gasteiger charge is -2.16. The van der Waals surface area contributed by atoms with E-state index in [2.05, 4.69) is 37.6 Å². The van der Waals surface area contributed by atoms with Crippen molar-refractivity contribution in [3.8, 4) is 11.1 Å². The molecule has 0 amide bonds. The van der Waals surface area contributed by atoms with Crippen LogP contribution in [0.5, 0.6) is 0 Å². The highest BCUT2D eigenvalue weighted by Gasteiger charge is 2.44. The molecule has 4 atom stereocenters. The second-order valence-electron chi connectivity index (χ2n) is 7.63. The average molecular weight is 446 g/mol. The number of aromatic nitrogens is 4. The molecule has 3 heterocycles. The van der Waals surface area contributed by atoms with E-state index in [0.29, 0.717) is 17.0 Å². The molecule has 0 saturated carbocycles. The Morgan fingerprint density at radius 2 is 1.73 bits per heavy atom. The Morgan fingerprint density at radius 1 is 0.970 bits per heavy atom. The maximum absolute atomic E-state index is 10.3. The zero-order valence-electron chi connectivity index (χ0n) is 17.4. The van der Waals surface area contributed by atoms with E-state index in [-0.39, 0.29) is 0 Å². The van der Waals surface area contributed by atoms with E-state index in [4.69, 9.17) is 4.74 Å². The summed E-state index contributed by atoms with van der Waals surface area (Å²) >= 11 is 0. The highest BCUT2D eigenvalue weighted by molar-refractivity contribution is 5.85. The van der Waals surface area contributed by atoms with Gasteiger partial charge in [0.15, 0.2) is 23.2 Å². The van der Waals surface area contributed by atoms with E-state index >= 15 is 0 Å². The topological polar surface area (TPSA) is 138 Å². The van der Waals surface area contributed by atoms with Gasteiger partial charge in [-0.05, 0) is 16.7 Å². The van der Waals surface area contributed by atoms with E-state index in [1.165, 1.54) is 17.2 Å². The first-order chi connectivity index (χ1) is 16.2. The first-order valence-electron chi connectivity index (χ1n) is 10.4. The van der Waals surface area contributed by atoms with Crippen LogP contribution in [-0.2, 0) is 4.74 Å². The highest BCUT2D eigenvalue weighted by Crippen LogP contribution is 2.32. The fourth-order valence-corrected chi connectivity index (χ4v) is 3.79. The molecule has 1 fully saturated rings. The summed E-state index contributed by atoms with van der Waals surface area (Å²) in [6.45, 7) is -0.413. The van der Waals surface area contributed by atoms with Gasteiger partial charge >= 0.3 is 0 Å². The Kier molecular flexibility index (Phi) is 5.80. The average Bonchev–Trinajstić information content (AvgIpc) is 3.41. The zero-order chi connectivity index (χ0) is 22.8. The van der Waals surface area contributed by atoms with Gasteiger partial charge in [-0.3, -0.25) is 9.99 Å². The molecular formula is C23H22N6O4. The van der Waals surface area contributed by atoms with Crippen LogP contribution >= 0.6 is 0 Å². The third kappa shape index (κ3) is 4.08. The van der Waals surface area contributed by atoms with E-state index in [0.717, 1.165) is 16.7 Å². The standard InChI is InChI=1S/C23H22N6O4/c30-11-17-19(31)20(32)23(33-17)29-13-26-18-21(24-12-25-22(18)29)28-27-10-14-6-8-16(9-7-14)15-4-2-1-3-5-15/h1-10,12-13,17,19-20,23,30-32H,11H2,(H,24,25,28)/b27-10+/t17-,19+,20+,23-/m1/s1. The molecule has 0 aliphatic carbocycles. The summed E-state index contributed by atoms with van der Waals surface area (Å²) in [6, 6.07) is 18.1. The molecule has 33 heavy (non-hydrogen) atoms. The maximum Gasteiger partial charge on any atom is 0.177 e. The molecule has 0 spiro atoms. The predicted molar refractivity (Wildman–Crippen MR) is 121 cm³/mol. The number of imidazole rings is 1. The second-order valence-corrected chi connectivity index (χ2v) is 7.63. The SMILES string of the molecule is OC[C@H]1O[C@@H](n2cnc3c(N/N=C/c4ccc(-c5ccccc5)cc4)ncnc32)[C@@H](O)[C@H]1O. The van der Waals surface area contributed by atoms with Crippen molar-refractivity contribution in [1.82, 2.24) is 19.5 Å². The summed E-state index contributed by atoms with van der Waals surface area (Å²) < 4.78 is 7.07. The molecule has 2 aromatic carbocycles. The molecule has 4 N–H and O–H groups in total. The van der Waals surface area contributed by atoms with Crippen LogP contribution in [0.2, 0.25) is 0 Å². The highest BCUT2D eigenvalue weighted by atomic mass is 16.6. The van der Waals surface area contributed by atoms with Crippen molar-refractivity contribution < 1.29 is 20.1 Å². The van der Waals surface area contributed by atoms with Gasteiger partial charge in [-0.2, -0.15) is 5.10 Å². The first kappa shape index (κ1) is 21.2. The largest absolute Gasteiger partial charge is 0.394 e. The Hall–Kier alpha value is -3.70. The van der Waals surface area contributed by atoms with E-state index in [1.807, 2.05) is 42.5 Å². The van der Waals surface area contributed by atoms with Crippen LogP contribution in [0.25, 0.3) is 22.3 Å². The fourth-order valence-electron chi connectivity index (χ4n) is 3.79. The summed E-state index contributed by atoms with van der Waals surface area (Å²) in [7, 11) is 0. The van der Waals surface area contributed by atoms with Crippen LogP contribution < -0.4 is 5.43 Å². The lowest BCUT2D eigenvalue weighted by molar-refractivity contribution is -0.0511. The van der Waals surface area contributed by atoms with Crippen molar-refractivity contribution in [3.05, 3.63) is 72.8 Å². The third-order valence-electron chi connectivity index (χ3n) is 5.55. The van der Waals surface area contributed by atoms with Gasteiger partial charge < -0.3 is 20.1 Å². The Morgan fingerprint density at radius 3 is 2.45 bits per heavy atom. The molecule has 5 rings (SSSR count). The Bertz CT molecular complexity index is 1260. The van der Waals surface area contributed by atoms with Crippen molar-refractivity contribution in [2.45, 2.75) is 24.5 Å². The molecular weight excluding hydrogens is 424 g/mol. The quantitative estimate of drug-likeness (QED) is 0.259. The summed E-state index contributed by atoms with van der Waals surface area (Å²) in [6.07, 6.45) is 0.186. The number of aliphatic hydroxyl groups excluding tert-OH is 3. The lowest BCUT2D eigenvalue weighted by atomic mass is 10.0. The number of nitrogens with zero attached hydrogens (tertiary/aromatic N) is 5. The van der Waals surface area contributed by atoms with Gasteiger partial charge in [-0.25, -0.2) is 15.0 Å². The zero-order valence-corrected chi connectivity index (χ0v) is 17.4. The predicted octanol–water partition coefficient (Wildman–Crippen LogP) is 1.55. The van der Waals surface area contributed by atoms with Crippen molar-refractivity contribution >= 4 is 23.2 Å². The Labute approximate surface area is 188 Å². The number of fused-ring (bicyclic) bond motifs is 1. The van der Waals surface area contributed by atoms with Crippen LogP contribution in [0.15, 0.2) is 72.4 Å². The minimum Gasteiger partial charge on any atom is -0.394 e. The van der Waals surface area contributed by atoms with Crippen molar-refractivity contribution in [2.24, 2.45) is 5.10 Å². The lowest BCUT2D eigenvalue weighted by Crippen LogP contribution is -2.33. The number of hydrogen-bond acceptors (Lipinski definition) is 9. The molecule has 4 aromatic rings. The van der Waals surface area contributed by atoms with Crippen LogP contribution in [0, 0.1) is 0 Å². The van der Waals surface area contributed by atoms with E-state index in [9.17, 15) is 15.3 Å². The van der Waals surface area contributed by atoms with Crippen LogP contribution in [-0.4, -0.2) is 66.0 Å². The number of hydrogen-bond donors (Lipinski definition) is 4. The number of hydrazone groups is 1. The minimum absolute atomic E-state index is 0.377. The molecule has 0 bridgehead atoms. The summed E-state index contributed by atoms with van der Waals surface area (Å²) in [5, 5.41) is 33.9. The smallest absolute Gasteiger partial charge is 0.177 e. The van der Waals surface area contributed by atoms with Crippen molar-refractivity contribution in [1.29, 1.82) is 0 Å². The van der Waals surface area contributed by atoms with Gasteiger partial charge in [0.1, 0.15) is 24.6 Å². The monoisotopic (exact) mass is 446 g/mol. The summed E-state index contributed by atoms with van der Waals surface area (Å²) in [5.41, 5.74) is 6.86. The second kappa shape index (κ2) is 9.04. The molecule has 1 saturated heterocycles. The molecule has 168 valence electrons. The molecule has 0 radical (unpaired) electrons. The van der Waals surface area contributed by atoms with Crippen molar-refractivity contribution in [3.63, 3.8) is 0 Å². The van der Waals surface area contributed by atoms with E-state index < -0.39 is 31.1 Å². The summed E-state index contributed by atoms with van der Waals surface area (Å²) in [4.78, 5) is 12.7. The number of ether oxygens (including phenoxy) is 1. The summed E-state index contributed by atoms with van der Waals surface area (Å²) in [5.74, 6) is 0.377. The van der Waals surface area contributed by atoms with E-state index in [1.54, 1.807) is 6.21 Å². The normalized spacial score (nSPS) is 22.9. The molecule has 0 unspecified atom stereocenters. The van der Waals surface area contributed by atoms with Crippen LogP contribution in [0.1, 0.15) is 11.8 Å².